The third-order valence-electron chi connectivity index (χ3n) is 4.37. The number of amides is 1. The van der Waals surface area contributed by atoms with Gasteiger partial charge in [0, 0.05) is 22.1 Å². The Labute approximate surface area is 170 Å². The minimum Gasteiger partial charge on any atom is -0.493 e. The third-order valence-corrected chi connectivity index (χ3v) is 7.46. The maximum atomic E-state index is 13.5. The van der Waals surface area contributed by atoms with E-state index in [0.717, 1.165) is 5.39 Å². The predicted molar refractivity (Wildman–Crippen MR) is 113 cm³/mol. The van der Waals surface area contributed by atoms with Crippen LogP contribution in [0, 0.1) is 0 Å². The molecule has 1 atom stereocenters. The average Bonchev–Trinajstić information content (AvgIpc) is 3.11. The molecule has 1 unspecified atom stereocenters. The maximum absolute atomic E-state index is 13.5. The molecule has 0 saturated carbocycles. The fourth-order valence-electron chi connectivity index (χ4n) is 3.20. The van der Waals surface area contributed by atoms with Crippen LogP contribution >= 0.6 is 11.8 Å². The predicted octanol–water partition coefficient (Wildman–Crippen LogP) is 3.22. The van der Waals surface area contributed by atoms with Gasteiger partial charge in [-0.3, -0.25) is 4.79 Å². The number of nitrogens with one attached hydrogen (secondary N) is 1. The Kier molecular flexibility index (Phi) is 5.93. The summed E-state index contributed by atoms with van der Waals surface area (Å²) in [6.45, 7) is 8.02. The topological polar surface area (TPSA) is 75.7 Å². The summed E-state index contributed by atoms with van der Waals surface area (Å²) in [5, 5.41) is 4.24. The van der Waals surface area contributed by atoms with Crippen molar-refractivity contribution in [1.82, 2.24) is 9.62 Å². The molecule has 1 amide bonds. The van der Waals surface area contributed by atoms with Gasteiger partial charge >= 0.3 is 0 Å². The molecule has 8 heteroatoms. The Morgan fingerprint density at radius 1 is 1.21 bits per heavy atom. The van der Waals surface area contributed by atoms with E-state index in [4.69, 9.17) is 4.74 Å². The molecular weight excluding hydrogens is 396 g/mol. The summed E-state index contributed by atoms with van der Waals surface area (Å²) in [4.78, 5) is 12.9. The maximum Gasteiger partial charge on any atom is 0.245 e. The SMILES string of the molecule is CCOc1ccc(S(=O)(=O)N2CSCC2C(=O)NC(C)(C)C)c2ccccc12. The van der Waals surface area contributed by atoms with E-state index in [-0.39, 0.29) is 16.7 Å². The molecule has 1 aliphatic rings. The van der Waals surface area contributed by atoms with Gasteiger partial charge in [-0.15, -0.1) is 11.8 Å². The minimum atomic E-state index is -3.85. The van der Waals surface area contributed by atoms with E-state index in [1.165, 1.54) is 16.1 Å². The summed E-state index contributed by atoms with van der Waals surface area (Å²) in [5.74, 6) is 1.08. The van der Waals surface area contributed by atoms with Crippen LogP contribution in [0.4, 0.5) is 0 Å². The molecule has 1 N–H and O–H groups in total. The fourth-order valence-corrected chi connectivity index (χ4v) is 6.55. The monoisotopic (exact) mass is 422 g/mol. The Morgan fingerprint density at radius 3 is 2.54 bits per heavy atom. The average molecular weight is 423 g/mol. The van der Waals surface area contributed by atoms with Crippen LogP contribution in [-0.2, 0) is 14.8 Å². The summed E-state index contributed by atoms with van der Waals surface area (Å²) in [6, 6.07) is 9.82. The highest BCUT2D eigenvalue weighted by Crippen LogP contribution is 2.35. The lowest BCUT2D eigenvalue weighted by atomic mass is 10.1. The van der Waals surface area contributed by atoms with Crippen molar-refractivity contribution in [3.8, 4) is 5.75 Å². The zero-order valence-corrected chi connectivity index (χ0v) is 18.2. The van der Waals surface area contributed by atoms with Crippen molar-refractivity contribution >= 4 is 38.5 Å². The number of sulfonamides is 1. The van der Waals surface area contributed by atoms with E-state index < -0.39 is 21.6 Å². The van der Waals surface area contributed by atoms with Crippen LogP contribution in [0.3, 0.4) is 0 Å². The second kappa shape index (κ2) is 7.93. The minimum absolute atomic E-state index is 0.197. The molecular formula is C20H26N2O4S2. The van der Waals surface area contributed by atoms with Crippen molar-refractivity contribution in [3.63, 3.8) is 0 Å². The molecule has 0 aromatic heterocycles. The summed E-state index contributed by atoms with van der Waals surface area (Å²) < 4.78 is 33.9. The first-order valence-corrected chi connectivity index (χ1v) is 11.8. The lowest BCUT2D eigenvalue weighted by molar-refractivity contribution is -0.125. The number of fused-ring (bicyclic) bond motifs is 1. The van der Waals surface area contributed by atoms with Gasteiger partial charge in [0.05, 0.1) is 17.4 Å². The molecule has 0 radical (unpaired) electrons. The van der Waals surface area contributed by atoms with Gasteiger partial charge in [-0.1, -0.05) is 24.3 Å². The molecule has 0 bridgehead atoms. The molecule has 1 saturated heterocycles. The molecule has 0 spiro atoms. The van der Waals surface area contributed by atoms with Gasteiger partial charge in [0.1, 0.15) is 11.8 Å². The highest BCUT2D eigenvalue weighted by Gasteiger charge is 2.41. The van der Waals surface area contributed by atoms with Crippen molar-refractivity contribution in [2.24, 2.45) is 0 Å². The number of benzene rings is 2. The highest BCUT2D eigenvalue weighted by molar-refractivity contribution is 8.00. The van der Waals surface area contributed by atoms with Gasteiger partial charge in [0.15, 0.2) is 0 Å². The van der Waals surface area contributed by atoms with Gasteiger partial charge in [0.2, 0.25) is 15.9 Å². The molecule has 28 heavy (non-hydrogen) atoms. The molecule has 1 aliphatic heterocycles. The van der Waals surface area contributed by atoms with E-state index in [1.54, 1.807) is 24.3 Å². The first-order valence-electron chi connectivity index (χ1n) is 9.21. The molecule has 1 heterocycles. The van der Waals surface area contributed by atoms with Crippen molar-refractivity contribution in [1.29, 1.82) is 0 Å². The summed E-state index contributed by atoms with van der Waals surface area (Å²) in [5.41, 5.74) is -0.425. The second-order valence-corrected chi connectivity index (χ2v) is 10.5. The number of ether oxygens (including phenoxy) is 1. The van der Waals surface area contributed by atoms with E-state index in [1.807, 2.05) is 39.8 Å². The Balaban J connectivity index is 2.03. The standard InChI is InChI=1S/C20H26N2O4S2/c1-5-26-17-10-11-18(15-9-7-6-8-14(15)17)28(24,25)22-13-27-12-16(22)19(23)21-20(2,3)4/h6-11,16H,5,12-13H2,1-4H3,(H,21,23). The lowest BCUT2D eigenvalue weighted by Gasteiger charge is -2.27. The van der Waals surface area contributed by atoms with Crippen molar-refractivity contribution < 1.29 is 17.9 Å². The molecule has 1 fully saturated rings. The molecule has 6 nitrogen and oxygen atoms in total. The normalized spacial score (nSPS) is 18.4. The van der Waals surface area contributed by atoms with Gasteiger partial charge in [-0.05, 0) is 39.8 Å². The number of hydrogen-bond donors (Lipinski definition) is 1. The van der Waals surface area contributed by atoms with Crippen LogP contribution < -0.4 is 10.1 Å². The van der Waals surface area contributed by atoms with Gasteiger partial charge in [-0.25, -0.2) is 8.42 Å². The molecule has 2 aromatic rings. The number of thioether (sulfide) groups is 1. The third kappa shape index (κ3) is 4.14. The van der Waals surface area contributed by atoms with E-state index in [9.17, 15) is 13.2 Å². The fraction of sp³-hybridized carbons (Fsp3) is 0.450. The Bertz CT molecular complexity index is 983. The number of carbonyl (C=O) groups is 1. The number of nitrogens with zero attached hydrogens (tertiary/aromatic N) is 1. The first kappa shape index (κ1) is 21.0. The van der Waals surface area contributed by atoms with Crippen LogP contribution in [0.15, 0.2) is 41.3 Å². The largest absolute Gasteiger partial charge is 0.493 e. The van der Waals surface area contributed by atoms with Crippen LogP contribution in [0.1, 0.15) is 27.7 Å². The van der Waals surface area contributed by atoms with E-state index >= 15 is 0 Å². The van der Waals surface area contributed by atoms with Crippen LogP contribution in [-0.4, -0.2) is 48.4 Å². The van der Waals surface area contributed by atoms with Gasteiger partial charge in [0.25, 0.3) is 0 Å². The van der Waals surface area contributed by atoms with E-state index in [0.29, 0.717) is 23.5 Å². The highest BCUT2D eigenvalue weighted by atomic mass is 32.2. The quantitative estimate of drug-likeness (QED) is 0.801. The van der Waals surface area contributed by atoms with Crippen LogP contribution in [0.2, 0.25) is 0 Å². The first-order chi connectivity index (χ1) is 13.1. The molecule has 2 aromatic carbocycles. The van der Waals surface area contributed by atoms with Gasteiger partial charge < -0.3 is 10.1 Å². The smallest absolute Gasteiger partial charge is 0.245 e. The number of hydrogen-bond acceptors (Lipinski definition) is 5. The van der Waals surface area contributed by atoms with Gasteiger partial charge in [-0.2, -0.15) is 4.31 Å². The molecule has 0 aliphatic carbocycles. The summed E-state index contributed by atoms with van der Waals surface area (Å²) >= 11 is 1.44. The zero-order chi connectivity index (χ0) is 20.5. The number of rotatable bonds is 5. The van der Waals surface area contributed by atoms with Crippen LogP contribution in [0.5, 0.6) is 5.75 Å². The van der Waals surface area contributed by atoms with Crippen molar-refractivity contribution in [2.75, 3.05) is 18.2 Å². The second-order valence-electron chi connectivity index (χ2n) is 7.69. The van der Waals surface area contributed by atoms with Crippen molar-refractivity contribution in [2.45, 2.75) is 44.2 Å². The Morgan fingerprint density at radius 2 is 1.89 bits per heavy atom. The summed E-state index contributed by atoms with van der Waals surface area (Å²) in [6.07, 6.45) is 0. The van der Waals surface area contributed by atoms with Crippen molar-refractivity contribution in [3.05, 3.63) is 36.4 Å². The molecule has 3 rings (SSSR count). The Hall–Kier alpha value is -1.77. The van der Waals surface area contributed by atoms with Crippen LogP contribution in [0.25, 0.3) is 10.8 Å². The lowest BCUT2D eigenvalue weighted by Crippen LogP contribution is -2.52. The number of carbonyl (C=O) groups excluding carboxylic acids is 1. The zero-order valence-electron chi connectivity index (χ0n) is 16.6. The summed E-state index contributed by atoms with van der Waals surface area (Å²) in [7, 11) is -3.85. The molecule has 152 valence electrons. The van der Waals surface area contributed by atoms with E-state index in [2.05, 4.69) is 5.32 Å².